The molecule has 0 bridgehead atoms. The van der Waals surface area contributed by atoms with E-state index >= 15 is 0 Å². The van der Waals surface area contributed by atoms with Gasteiger partial charge in [0.05, 0.1) is 19.3 Å². The van der Waals surface area contributed by atoms with Crippen LogP contribution in [0.2, 0.25) is 0 Å². The number of ether oxygens (including phenoxy) is 2. The van der Waals surface area contributed by atoms with E-state index in [2.05, 4.69) is 66.3 Å². The third kappa shape index (κ3) is 4.01. The molecule has 5 heteroatoms. The highest BCUT2D eigenvalue weighted by molar-refractivity contribution is 5.90. The molecule has 2 heterocycles. The lowest BCUT2D eigenvalue weighted by Crippen LogP contribution is -2.09. The van der Waals surface area contributed by atoms with Crippen molar-refractivity contribution in [3.05, 3.63) is 83.2 Å². The van der Waals surface area contributed by atoms with Crippen LogP contribution in [0.4, 0.5) is 11.4 Å². The molecule has 1 aromatic heterocycles. The van der Waals surface area contributed by atoms with Crippen LogP contribution >= 0.6 is 0 Å². The van der Waals surface area contributed by atoms with Gasteiger partial charge < -0.3 is 14.4 Å². The summed E-state index contributed by atoms with van der Waals surface area (Å²) < 4.78 is 10.9. The number of fused-ring (bicyclic) bond motifs is 1. The van der Waals surface area contributed by atoms with Gasteiger partial charge in [-0.05, 0) is 49.6 Å². The van der Waals surface area contributed by atoms with Gasteiger partial charge in [0.25, 0.3) is 0 Å². The highest BCUT2D eigenvalue weighted by Gasteiger charge is 2.25. The molecule has 154 valence electrons. The molecule has 2 aromatic carbocycles. The average Bonchev–Trinajstić information content (AvgIpc) is 3.19. The number of esters is 1. The number of hydrogen-bond acceptors (Lipinski definition) is 5. The fourth-order valence-electron chi connectivity index (χ4n) is 3.90. The molecular formula is C25H26N2O3. The van der Waals surface area contributed by atoms with Crippen molar-refractivity contribution in [2.45, 2.75) is 25.7 Å². The second-order valence-corrected chi connectivity index (χ2v) is 7.69. The average molecular weight is 402 g/mol. The van der Waals surface area contributed by atoms with Gasteiger partial charge in [0.1, 0.15) is 5.75 Å². The molecule has 0 saturated carbocycles. The number of carbonyl (C=O) groups excluding carboxylic acids is 1. The molecule has 30 heavy (non-hydrogen) atoms. The number of anilines is 2. The van der Waals surface area contributed by atoms with Crippen molar-refractivity contribution in [2.75, 3.05) is 25.7 Å². The van der Waals surface area contributed by atoms with Gasteiger partial charge in [-0.2, -0.15) is 0 Å². The number of hydrogen-bond donors (Lipinski definition) is 0. The summed E-state index contributed by atoms with van der Waals surface area (Å²) in [5.41, 5.74) is 6.20. The number of rotatable bonds is 6. The second kappa shape index (κ2) is 8.57. The zero-order chi connectivity index (χ0) is 21.1. The first-order valence-electron chi connectivity index (χ1n) is 10.1. The molecule has 0 unspecified atom stereocenters. The van der Waals surface area contributed by atoms with Crippen molar-refractivity contribution >= 4 is 17.3 Å². The molecule has 0 N–H and O–H groups in total. The van der Waals surface area contributed by atoms with E-state index in [1.165, 1.54) is 18.2 Å². The van der Waals surface area contributed by atoms with Crippen LogP contribution in [0.15, 0.2) is 60.9 Å². The minimum absolute atomic E-state index is 0.296. The van der Waals surface area contributed by atoms with Gasteiger partial charge in [-0.15, -0.1) is 0 Å². The van der Waals surface area contributed by atoms with E-state index in [4.69, 9.17) is 9.47 Å². The molecular weight excluding hydrogens is 376 g/mol. The van der Waals surface area contributed by atoms with Gasteiger partial charge in [0.2, 0.25) is 0 Å². The van der Waals surface area contributed by atoms with Crippen molar-refractivity contribution in [3.63, 3.8) is 0 Å². The van der Waals surface area contributed by atoms with E-state index in [0.29, 0.717) is 18.1 Å². The third-order valence-corrected chi connectivity index (χ3v) is 5.76. The van der Waals surface area contributed by atoms with E-state index in [1.54, 1.807) is 18.5 Å². The van der Waals surface area contributed by atoms with Gasteiger partial charge in [-0.25, -0.2) is 4.79 Å². The molecule has 0 aliphatic carbocycles. The summed E-state index contributed by atoms with van der Waals surface area (Å²) in [4.78, 5) is 18.3. The Labute approximate surface area is 177 Å². The lowest BCUT2D eigenvalue weighted by atomic mass is 9.93. The Bertz CT molecular complexity index is 1050. The van der Waals surface area contributed by atoms with E-state index < -0.39 is 0 Å². The topological polar surface area (TPSA) is 51.7 Å². The summed E-state index contributed by atoms with van der Waals surface area (Å²) >= 11 is 0. The standard InChI is InChI=1S/C25H26N2O3/c1-17-4-8-20(9-5-17)27(2)21-10-11-22-19(16-30-24(22)14-21)7-6-18-15-26-13-12-23(18)25(28)29-3/h4-5,8-15,19H,6-7,16H2,1-3H3/t19-/m0/s1. The van der Waals surface area contributed by atoms with Gasteiger partial charge >= 0.3 is 5.97 Å². The largest absolute Gasteiger partial charge is 0.493 e. The Morgan fingerprint density at radius 1 is 1.17 bits per heavy atom. The van der Waals surface area contributed by atoms with Gasteiger partial charge in [-0.1, -0.05) is 23.8 Å². The van der Waals surface area contributed by atoms with E-state index in [1.807, 2.05) is 0 Å². The highest BCUT2D eigenvalue weighted by Crippen LogP contribution is 2.40. The fraction of sp³-hybridized carbons (Fsp3) is 0.280. The van der Waals surface area contributed by atoms with Crippen molar-refractivity contribution in [3.8, 4) is 5.75 Å². The molecule has 0 fully saturated rings. The van der Waals surface area contributed by atoms with Gasteiger partial charge in [0, 0.05) is 48.4 Å². The van der Waals surface area contributed by atoms with Gasteiger partial charge in [0.15, 0.2) is 0 Å². The van der Waals surface area contributed by atoms with Crippen LogP contribution in [0, 0.1) is 6.92 Å². The molecule has 1 aliphatic rings. The minimum Gasteiger partial charge on any atom is -0.493 e. The van der Waals surface area contributed by atoms with Crippen LogP contribution in [0.5, 0.6) is 5.75 Å². The Balaban J connectivity index is 1.48. The van der Waals surface area contributed by atoms with Crippen molar-refractivity contribution < 1.29 is 14.3 Å². The van der Waals surface area contributed by atoms with Crippen LogP contribution < -0.4 is 9.64 Å². The smallest absolute Gasteiger partial charge is 0.338 e. The van der Waals surface area contributed by atoms with Crippen LogP contribution in [0.25, 0.3) is 0 Å². The Hall–Kier alpha value is -3.34. The first-order valence-corrected chi connectivity index (χ1v) is 10.1. The summed E-state index contributed by atoms with van der Waals surface area (Å²) in [7, 11) is 3.47. The van der Waals surface area contributed by atoms with Crippen LogP contribution in [0.3, 0.4) is 0 Å². The van der Waals surface area contributed by atoms with Crippen molar-refractivity contribution in [1.29, 1.82) is 0 Å². The maximum atomic E-state index is 12.0. The molecule has 0 amide bonds. The Morgan fingerprint density at radius 2 is 1.93 bits per heavy atom. The number of nitrogens with zero attached hydrogens (tertiary/aromatic N) is 2. The van der Waals surface area contributed by atoms with E-state index in [9.17, 15) is 4.79 Å². The van der Waals surface area contributed by atoms with Crippen LogP contribution in [0.1, 0.15) is 39.4 Å². The lowest BCUT2D eigenvalue weighted by molar-refractivity contribution is 0.0599. The maximum Gasteiger partial charge on any atom is 0.338 e. The maximum absolute atomic E-state index is 12.0. The van der Waals surface area contributed by atoms with Gasteiger partial charge in [-0.3, -0.25) is 4.98 Å². The Morgan fingerprint density at radius 3 is 2.70 bits per heavy atom. The predicted octanol–water partition coefficient (Wildman–Crippen LogP) is 5.05. The Kier molecular flexibility index (Phi) is 5.70. The number of carbonyl (C=O) groups is 1. The highest BCUT2D eigenvalue weighted by atomic mass is 16.5. The summed E-state index contributed by atoms with van der Waals surface area (Å²) in [6, 6.07) is 16.6. The summed E-state index contributed by atoms with van der Waals surface area (Å²) in [6.07, 6.45) is 5.00. The van der Waals surface area contributed by atoms with Crippen LogP contribution in [-0.2, 0) is 11.2 Å². The quantitative estimate of drug-likeness (QED) is 0.540. The first kappa shape index (κ1) is 20.0. The minimum atomic E-state index is -0.320. The molecule has 0 radical (unpaired) electrons. The molecule has 1 aliphatic heterocycles. The molecule has 0 saturated heterocycles. The van der Waals surface area contributed by atoms with Crippen molar-refractivity contribution in [1.82, 2.24) is 4.98 Å². The molecule has 0 spiro atoms. The fourth-order valence-corrected chi connectivity index (χ4v) is 3.90. The normalized spacial score (nSPS) is 14.7. The van der Waals surface area contributed by atoms with E-state index in [-0.39, 0.29) is 5.97 Å². The number of benzene rings is 2. The summed E-state index contributed by atoms with van der Waals surface area (Å²) in [5.74, 6) is 0.916. The summed E-state index contributed by atoms with van der Waals surface area (Å²) in [5, 5.41) is 0. The number of aromatic nitrogens is 1. The van der Waals surface area contributed by atoms with Crippen molar-refractivity contribution in [2.24, 2.45) is 0 Å². The second-order valence-electron chi connectivity index (χ2n) is 7.69. The lowest BCUT2D eigenvalue weighted by Gasteiger charge is -2.20. The first-order chi connectivity index (χ1) is 14.6. The monoisotopic (exact) mass is 402 g/mol. The molecule has 3 aromatic rings. The number of pyridine rings is 1. The van der Waals surface area contributed by atoms with Crippen LogP contribution in [-0.4, -0.2) is 31.7 Å². The molecule has 1 atom stereocenters. The molecule has 4 rings (SSSR count). The number of methoxy groups -OCH3 is 1. The SMILES string of the molecule is COC(=O)c1ccncc1CC[C@H]1COc2cc(N(C)c3ccc(C)cc3)ccc21. The molecule has 5 nitrogen and oxygen atoms in total. The third-order valence-electron chi connectivity index (χ3n) is 5.76. The zero-order valence-electron chi connectivity index (χ0n) is 17.6. The summed E-state index contributed by atoms with van der Waals surface area (Å²) in [6.45, 7) is 2.74. The predicted molar refractivity (Wildman–Crippen MR) is 118 cm³/mol. The zero-order valence-corrected chi connectivity index (χ0v) is 17.6. The number of aryl methyl sites for hydroxylation is 2. The van der Waals surface area contributed by atoms with E-state index in [0.717, 1.165) is 35.5 Å².